The third-order valence-corrected chi connectivity index (χ3v) is 7.34. The Bertz CT molecular complexity index is 1040. The Hall–Kier alpha value is -2.95. The highest BCUT2D eigenvalue weighted by Crippen LogP contribution is 2.24. The van der Waals surface area contributed by atoms with Crippen molar-refractivity contribution in [3.63, 3.8) is 0 Å². The summed E-state index contributed by atoms with van der Waals surface area (Å²) in [6.45, 7) is 7.62. The molecule has 2 heterocycles. The summed E-state index contributed by atoms with van der Waals surface area (Å²) in [5.74, 6) is 0.573. The number of likely N-dealkylation sites (tertiary alicyclic amines) is 1. The fourth-order valence-corrected chi connectivity index (χ4v) is 5.26. The van der Waals surface area contributed by atoms with Crippen molar-refractivity contribution >= 4 is 5.91 Å². The van der Waals surface area contributed by atoms with Gasteiger partial charge >= 0.3 is 0 Å². The van der Waals surface area contributed by atoms with Gasteiger partial charge in [0.05, 0.1) is 0 Å². The Morgan fingerprint density at radius 3 is 1.71 bits per heavy atom. The maximum absolute atomic E-state index is 13.1. The van der Waals surface area contributed by atoms with Crippen LogP contribution in [0.5, 0.6) is 0 Å². The highest BCUT2D eigenvalue weighted by molar-refractivity contribution is 5.79. The molecule has 2 aliphatic rings. The Labute approximate surface area is 203 Å². The Morgan fingerprint density at radius 2 is 1.09 bits per heavy atom. The van der Waals surface area contributed by atoms with Gasteiger partial charge in [0.2, 0.25) is 5.91 Å². The molecule has 3 aromatic rings. The number of hydrogen-bond donors (Lipinski definition) is 0. The maximum atomic E-state index is 13.1. The minimum atomic E-state index is 0.192. The summed E-state index contributed by atoms with van der Waals surface area (Å²) in [7, 11) is 0. The predicted molar refractivity (Wildman–Crippen MR) is 138 cm³/mol. The molecule has 0 atom stereocenters. The molecule has 4 heteroatoms. The average molecular weight is 454 g/mol. The smallest absolute Gasteiger partial charge is 0.225 e. The van der Waals surface area contributed by atoms with Gasteiger partial charge in [0.1, 0.15) is 0 Å². The number of hydrogen-bond acceptors (Lipinski definition) is 3. The van der Waals surface area contributed by atoms with Crippen LogP contribution in [-0.2, 0) is 17.9 Å². The number of carbonyl (C=O) groups is 1. The molecule has 0 spiro atoms. The maximum Gasteiger partial charge on any atom is 0.225 e. The lowest BCUT2D eigenvalue weighted by atomic mass is 9.94. The zero-order chi connectivity index (χ0) is 23.2. The molecule has 176 valence electrons. The van der Waals surface area contributed by atoms with Crippen molar-refractivity contribution in [1.82, 2.24) is 14.7 Å². The quantitative estimate of drug-likeness (QED) is 0.531. The number of piperidine rings is 1. The first-order chi connectivity index (χ1) is 16.7. The largest absolute Gasteiger partial charge is 0.340 e. The molecule has 0 saturated carbocycles. The van der Waals surface area contributed by atoms with Crippen LogP contribution in [0.25, 0.3) is 11.1 Å². The first-order valence-electron chi connectivity index (χ1n) is 12.7. The molecule has 0 bridgehead atoms. The monoisotopic (exact) mass is 453 g/mol. The van der Waals surface area contributed by atoms with E-state index in [9.17, 15) is 4.79 Å². The van der Waals surface area contributed by atoms with E-state index in [0.717, 1.165) is 65.2 Å². The third kappa shape index (κ3) is 5.75. The lowest BCUT2D eigenvalue weighted by Gasteiger charge is -2.38. The number of benzene rings is 3. The van der Waals surface area contributed by atoms with Crippen molar-refractivity contribution in [2.24, 2.45) is 5.92 Å². The van der Waals surface area contributed by atoms with E-state index in [1.54, 1.807) is 0 Å². The van der Waals surface area contributed by atoms with E-state index in [0.29, 0.717) is 5.91 Å². The van der Waals surface area contributed by atoms with Crippen LogP contribution in [-0.4, -0.2) is 59.9 Å². The van der Waals surface area contributed by atoms with Crippen LogP contribution in [0.15, 0.2) is 84.9 Å². The van der Waals surface area contributed by atoms with Crippen LogP contribution in [0.1, 0.15) is 24.0 Å². The van der Waals surface area contributed by atoms with Gasteiger partial charge in [-0.25, -0.2) is 0 Å². The Balaban J connectivity index is 1.06. The SMILES string of the molecule is O=C(C1CCN(Cc2ccc(-c3ccccc3)cc2)CC1)N1CCN(Cc2ccccc2)CC1. The van der Waals surface area contributed by atoms with Gasteiger partial charge in [-0.15, -0.1) is 0 Å². The zero-order valence-electron chi connectivity index (χ0n) is 20.0. The second-order valence-corrected chi connectivity index (χ2v) is 9.70. The summed E-state index contributed by atoms with van der Waals surface area (Å²) in [6.07, 6.45) is 1.95. The van der Waals surface area contributed by atoms with Crippen molar-refractivity contribution in [3.8, 4) is 11.1 Å². The predicted octanol–water partition coefficient (Wildman–Crippen LogP) is 4.91. The van der Waals surface area contributed by atoms with Crippen molar-refractivity contribution in [3.05, 3.63) is 96.1 Å². The van der Waals surface area contributed by atoms with Crippen molar-refractivity contribution in [2.75, 3.05) is 39.3 Å². The molecule has 1 amide bonds. The minimum absolute atomic E-state index is 0.192. The minimum Gasteiger partial charge on any atom is -0.340 e. The lowest BCUT2D eigenvalue weighted by molar-refractivity contribution is -0.139. The van der Waals surface area contributed by atoms with Gasteiger partial charge in [0.15, 0.2) is 0 Å². The van der Waals surface area contributed by atoms with Gasteiger partial charge in [-0.2, -0.15) is 0 Å². The van der Waals surface area contributed by atoms with Gasteiger partial charge in [0, 0.05) is 45.2 Å². The summed E-state index contributed by atoms with van der Waals surface area (Å²) in [5, 5.41) is 0. The molecule has 2 saturated heterocycles. The number of rotatable bonds is 6. The lowest BCUT2D eigenvalue weighted by Crippen LogP contribution is -2.51. The Morgan fingerprint density at radius 1 is 0.588 bits per heavy atom. The molecule has 4 nitrogen and oxygen atoms in total. The van der Waals surface area contributed by atoms with Crippen molar-refractivity contribution < 1.29 is 4.79 Å². The fourth-order valence-electron chi connectivity index (χ4n) is 5.26. The van der Waals surface area contributed by atoms with Gasteiger partial charge < -0.3 is 4.90 Å². The van der Waals surface area contributed by atoms with E-state index in [4.69, 9.17) is 0 Å². The fraction of sp³-hybridized carbons (Fsp3) is 0.367. The molecular formula is C30H35N3O. The molecule has 34 heavy (non-hydrogen) atoms. The van der Waals surface area contributed by atoms with Gasteiger partial charge in [-0.05, 0) is 48.2 Å². The molecule has 0 aliphatic carbocycles. The first-order valence-corrected chi connectivity index (χ1v) is 12.7. The molecule has 5 rings (SSSR count). The molecule has 0 radical (unpaired) electrons. The number of carbonyl (C=O) groups excluding carboxylic acids is 1. The van der Waals surface area contributed by atoms with E-state index < -0.39 is 0 Å². The highest BCUT2D eigenvalue weighted by Gasteiger charge is 2.30. The summed E-state index contributed by atoms with van der Waals surface area (Å²) < 4.78 is 0. The molecule has 0 aromatic heterocycles. The van der Waals surface area contributed by atoms with E-state index in [1.807, 2.05) is 0 Å². The first kappa shape index (κ1) is 22.8. The molecule has 0 N–H and O–H groups in total. The van der Waals surface area contributed by atoms with Crippen LogP contribution >= 0.6 is 0 Å². The van der Waals surface area contributed by atoms with Gasteiger partial charge in [-0.1, -0.05) is 84.9 Å². The van der Waals surface area contributed by atoms with E-state index in [2.05, 4.69) is 99.6 Å². The summed E-state index contributed by atoms with van der Waals surface area (Å²) in [4.78, 5) is 20.2. The third-order valence-electron chi connectivity index (χ3n) is 7.34. The second-order valence-electron chi connectivity index (χ2n) is 9.70. The van der Waals surface area contributed by atoms with Crippen molar-refractivity contribution in [2.45, 2.75) is 25.9 Å². The van der Waals surface area contributed by atoms with Gasteiger partial charge in [0.25, 0.3) is 0 Å². The standard InChI is InChI=1S/C30H35N3O/c34-30(33-21-19-32(20-22-33)23-25-7-3-1-4-8-25)29-15-17-31(18-16-29)24-26-11-13-28(14-12-26)27-9-5-2-6-10-27/h1-14,29H,15-24H2. The van der Waals surface area contributed by atoms with Gasteiger partial charge in [-0.3, -0.25) is 14.6 Å². The molecule has 0 unspecified atom stereocenters. The highest BCUT2D eigenvalue weighted by atomic mass is 16.2. The average Bonchev–Trinajstić information content (AvgIpc) is 2.91. The Kier molecular flexibility index (Phi) is 7.37. The normalized spacial score (nSPS) is 18.2. The molecule has 2 fully saturated rings. The number of nitrogens with zero attached hydrogens (tertiary/aromatic N) is 3. The molecular weight excluding hydrogens is 418 g/mol. The van der Waals surface area contributed by atoms with Crippen molar-refractivity contribution in [1.29, 1.82) is 0 Å². The van der Waals surface area contributed by atoms with E-state index in [1.165, 1.54) is 22.3 Å². The second kappa shape index (κ2) is 11.0. The summed E-state index contributed by atoms with van der Waals surface area (Å²) in [5.41, 5.74) is 5.22. The van der Waals surface area contributed by atoms with Crippen LogP contribution in [0.2, 0.25) is 0 Å². The van der Waals surface area contributed by atoms with Crippen LogP contribution in [0.4, 0.5) is 0 Å². The van der Waals surface area contributed by atoms with Crippen LogP contribution < -0.4 is 0 Å². The van der Waals surface area contributed by atoms with Crippen LogP contribution in [0.3, 0.4) is 0 Å². The van der Waals surface area contributed by atoms with E-state index >= 15 is 0 Å². The van der Waals surface area contributed by atoms with E-state index in [-0.39, 0.29) is 5.92 Å². The zero-order valence-corrected chi connectivity index (χ0v) is 20.0. The summed E-state index contributed by atoms with van der Waals surface area (Å²) >= 11 is 0. The number of amides is 1. The summed E-state index contributed by atoms with van der Waals surface area (Å²) in [6, 6.07) is 30.1. The number of piperazine rings is 1. The van der Waals surface area contributed by atoms with Crippen LogP contribution in [0, 0.1) is 5.92 Å². The molecule has 2 aliphatic heterocycles. The topological polar surface area (TPSA) is 26.8 Å². The molecule has 3 aromatic carbocycles.